The summed E-state index contributed by atoms with van der Waals surface area (Å²) in [6.07, 6.45) is 3.07. The Labute approximate surface area is 109 Å². The largest absolute Gasteiger partial charge is 0.441 e. The Morgan fingerprint density at radius 2 is 2.21 bits per heavy atom. The number of oxazole rings is 1. The van der Waals surface area contributed by atoms with E-state index in [4.69, 9.17) is 4.42 Å². The summed E-state index contributed by atoms with van der Waals surface area (Å²) in [7, 11) is 0. The zero-order valence-corrected chi connectivity index (χ0v) is 10.2. The molecule has 0 fully saturated rings. The predicted molar refractivity (Wildman–Crippen MR) is 68.2 cm³/mol. The first-order valence-electron chi connectivity index (χ1n) is 5.80. The van der Waals surface area contributed by atoms with Crippen LogP contribution in [0.3, 0.4) is 0 Å². The van der Waals surface area contributed by atoms with Crippen LogP contribution in [-0.4, -0.2) is 15.0 Å². The van der Waals surface area contributed by atoms with Gasteiger partial charge in [0.25, 0.3) is 0 Å². The van der Waals surface area contributed by atoms with Crippen molar-refractivity contribution in [3.63, 3.8) is 0 Å². The van der Waals surface area contributed by atoms with Crippen molar-refractivity contribution in [3.05, 3.63) is 53.9 Å². The highest BCUT2D eigenvalue weighted by Crippen LogP contribution is 2.25. The minimum absolute atomic E-state index is 0.426. The van der Waals surface area contributed by atoms with Crippen molar-refractivity contribution in [2.75, 3.05) is 0 Å². The van der Waals surface area contributed by atoms with E-state index in [0.29, 0.717) is 11.6 Å². The molecule has 92 valence electrons. The molecule has 0 spiro atoms. The van der Waals surface area contributed by atoms with Gasteiger partial charge < -0.3 is 4.42 Å². The molecule has 2 heterocycles. The van der Waals surface area contributed by atoms with E-state index in [1.54, 1.807) is 19.2 Å². The molecule has 1 unspecified atom stereocenters. The molecule has 0 N–H and O–H groups in total. The van der Waals surface area contributed by atoms with Crippen molar-refractivity contribution in [1.82, 2.24) is 15.0 Å². The number of nitrogens with zero attached hydrogens (tertiary/aromatic N) is 4. The molecule has 0 radical (unpaired) electrons. The van der Waals surface area contributed by atoms with E-state index < -0.39 is 5.92 Å². The Bertz CT molecular complexity index is 758. The molecule has 0 bridgehead atoms. The van der Waals surface area contributed by atoms with Gasteiger partial charge in [0.05, 0.1) is 11.8 Å². The second kappa shape index (κ2) is 4.50. The number of hydrogen-bond acceptors (Lipinski definition) is 5. The van der Waals surface area contributed by atoms with Crippen LogP contribution < -0.4 is 0 Å². The van der Waals surface area contributed by atoms with Gasteiger partial charge >= 0.3 is 0 Å². The van der Waals surface area contributed by atoms with Crippen molar-refractivity contribution >= 4 is 11.1 Å². The second-order valence-electron chi connectivity index (χ2n) is 4.16. The van der Waals surface area contributed by atoms with E-state index in [1.165, 1.54) is 6.33 Å². The van der Waals surface area contributed by atoms with Gasteiger partial charge in [0, 0.05) is 13.1 Å². The highest BCUT2D eigenvalue weighted by Gasteiger charge is 2.16. The van der Waals surface area contributed by atoms with Crippen molar-refractivity contribution in [3.8, 4) is 6.07 Å². The lowest BCUT2D eigenvalue weighted by Crippen LogP contribution is -2.01. The summed E-state index contributed by atoms with van der Waals surface area (Å²) in [5, 5.41) is 9.36. The van der Waals surface area contributed by atoms with Gasteiger partial charge in [-0.1, -0.05) is 6.07 Å². The minimum Gasteiger partial charge on any atom is -0.441 e. The van der Waals surface area contributed by atoms with Gasteiger partial charge in [0.2, 0.25) is 0 Å². The van der Waals surface area contributed by atoms with E-state index in [2.05, 4.69) is 21.0 Å². The average Bonchev–Trinajstić information content (AvgIpc) is 2.80. The third-order valence-corrected chi connectivity index (χ3v) is 2.88. The maximum atomic E-state index is 9.36. The third kappa shape index (κ3) is 2.04. The summed E-state index contributed by atoms with van der Waals surface area (Å²) >= 11 is 0. The second-order valence-corrected chi connectivity index (χ2v) is 4.16. The van der Waals surface area contributed by atoms with Gasteiger partial charge in [0.1, 0.15) is 17.8 Å². The number of benzene rings is 1. The van der Waals surface area contributed by atoms with Crippen LogP contribution in [0.1, 0.15) is 23.1 Å². The highest BCUT2D eigenvalue weighted by atomic mass is 16.3. The molecule has 0 saturated heterocycles. The Morgan fingerprint density at radius 3 is 2.95 bits per heavy atom. The minimum atomic E-state index is -0.426. The molecule has 19 heavy (non-hydrogen) atoms. The number of aromatic nitrogens is 3. The Morgan fingerprint density at radius 1 is 1.32 bits per heavy atom. The first-order chi connectivity index (χ1) is 9.28. The summed E-state index contributed by atoms with van der Waals surface area (Å²) in [6.45, 7) is 1.80. The number of rotatable bonds is 2. The lowest BCUT2D eigenvalue weighted by molar-refractivity contribution is 0.561. The normalized spacial score (nSPS) is 12.2. The fourth-order valence-corrected chi connectivity index (χ4v) is 2.02. The number of aryl methyl sites for hydroxylation is 1. The van der Waals surface area contributed by atoms with Crippen LogP contribution in [0.25, 0.3) is 11.1 Å². The molecule has 0 amide bonds. The Balaban J connectivity index is 2.09. The lowest BCUT2D eigenvalue weighted by Gasteiger charge is -2.07. The van der Waals surface area contributed by atoms with Crippen LogP contribution >= 0.6 is 0 Å². The van der Waals surface area contributed by atoms with Crippen LogP contribution in [0, 0.1) is 18.3 Å². The maximum absolute atomic E-state index is 9.36. The molecule has 3 aromatic rings. The smallest absolute Gasteiger partial charge is 0.192 e. The highest BCUT2D eigenvalue weighted by molar-refractivity contribution is 5.74. The van der Waals surface area contributed by atoms with Gasteiger partial charge in [-0.2, -0.15) is 5.26 Å². The monoisotopic (exact) mass is 250 g/mol. The summed E-state index contributed by atoms with van der Waals surface area (Å²) in [6, 6.07) is 9.56. The summed E-state index contributed by atoms with van der Waals surface area (Å²) < 4.78 is 5.42. The predicted octanol–water partition coefficient (Wildman–Crippen LogP) is 2.58. The van der Waals surface area contributed by atoms with E-state index in [9.17, 15) is 5.26 Å². The van der Waals surface area contributed by atoms with E-state index >= 15 is 0 Å². The van der Waals surface area contributed by atoms with Crippen LogP contribution in [0.5, 0.6) is 0 Å². The van der Waals surface area contributed by atoms with Gasteiger partial charge in [-0.05, 0) is 23.8 Å². The van der Waals surface area contributed by atoms with Crippen molar-refractivity contribution in [2.45, 2.75) is 12.8 Å². The standard InChI is InChI=1S/C14H10N4O/c1-9-18-13-6-10(2-3-14(13)19-9)11(7-15)12-4-5-16-8-17-12/h2-6,8,11H,1H3. The molecule has 0 aliphatic carbocycles. The molecular formula is C14H10N4O. The molecule has 0 aliphatic rings. The zero-order chi connectivity index (χ0) is 13.2. The van der Waals surface area contributed by atoms with E-state index in [0.717, 1.165) is 16.7 Å². The van der Waals surface area contributed by atoms with Crippen LogP contribution in [0.2, 0.25) is 0 Å². The first-order valence-corrected chi connectivity index (χ1v) is 5.80. The van der Waals surface area contributed by atoms with Crippen LogP contribution in [0.15, 0.2) is 41.2 Å². The number of nitriles is 1. The first kappa shape index (κ1) is 11.4. The number of fused-ring (bicyclic) bond motifs is 1. The van der Waals surface area contributed by atoms with Gasteiger partial charge in [0.15, 0.2) is 11.5 Å². The lowest BCUT2D eigenvalue weighted by atomic mass is 9.97. The molecule has 1 atom stereocenters. The average molecular weight is 250 g/mol. The number of hydrogen-bond donors (Lipinski definition) is 0. The van der Waals surface area contributed by atoms with Crippen molar-refractivity contribution in [2.24, 2.45) is 0 Å². The van der Waals surface area contributed by atoms with Crippen molar-refractivity contribution in [1.29, 1.82) is 5.26 Å². The Hall–Kier alpha value is -2.74. The zero-order valence-electron chi connectivity index (χ0n) is 10.2. The molecule has 2 aromatic heterocycles. The summed E-state index contributed by atoms with van der Waals surface area (Å²) in [5.74, 6) is 0.187. The SMILES string of the molecule is Cc1nc2cc(C(C#N)c3ccncn3)ccc2o1. The van der Waals surface area contributed by atoms with Crippen LogP contribution in [-0.2, 0) is 0 Å². The van der Waals surface area contributed by atoms with Gasteiger partial charge in [-0.3, -0.25) is 0 Å². The molecule has 5 nitrogen and oxygen atoms in total. The Kier molecular flexibility index (Phi) is 2.69. The fourth-order valence-electron chi connectivity index (χ4n) is 2.02. The summed E-state index contributed by atoms with van der Waals surface area (Å²) in [5.41, 5.74) is 3.00. The summed E-state index contributed by atoms with van der Waals surface area (Å²) in [4.78, 5) is 12.3. The topological polar surface area (TPSA) is 75.6 Å². The molecule has 0 saturated carbocycles. The van der Waals surface area contributed by atoms with Crippen molar-refractivity contribution < 1.29 is 4.42 Å². The van der Waals surface area contributed by atoms with E-state index in [1.807, 2.05) is 18.2 Å². The third-order valence-electron chi connectivity index (χ3n) is 2.88. The quantitative estimate of drug-likeness (QED) is 0.698. The fraction of sp³-hybridized carbons (Fsp3) is 0.143. The molecular weight excluding hydrogens is 240 g/mol. The molecule has 0 aliphatic heterocycles. The molecule has 1 aromatic carbocycles. The van der Waals surface area contributed by atoms with E-state index in [-0.39, 0.29) is 0 Å². The van der Waals surface area contributed by atoms with Gasteiger partial charge in [-0.25, -0.2) is 15.0 Å². The van der Waals surface area contributed by atoms with Gasteiger partial charge in [-0.15, -0.1) is 0 Å². The molecule has 5 heteroatoms. The van der Waals surface area contributed by atoms with Crippen LogP contribution in [0.4, 0.5) is 0 Å². The molecule has 3 rings (SSSR count). The maximum Gasteiger partial charge on any atom is 0.192 e.